The van der Waals surface area contributed by atoms with E-state index in [0.717, 1.165) is 74.0 Å². The van der Waals surface area contributed by atoms with Crippen LogP contribution in [0.5, 0.6) is 0 Å². The van der Waals surface area contributed by atoms with E-state index in [0.29, 0.717) is 62.7 Å². The highest BCUT2D eigenvalue weighted by molar-refractivity contribution is 7.85. The number of nitrogens with zero attached hydrogens (tertiary/aromatic N) is 2. The molecule has 3 aliphatic carbocycles. The predicted molar refractivity (Wildman–Crippen MR) is 206 cm³/mol. The second-order valence-electron chi connectivity index (χ2n) is 16.6. The lowest BCUT2D eigenvalue weighted by molar-refractivity contribution is -0.566. The molecule has 0 bridgehead atoms. The standard InChI is InChI=1S/C38H57Cl3N2O6S2/c1-37(2)30-24-28(39)14-16-32(30)42(20-5-7-22-50(44,45)46)34(37)18-12-26-10-9-11-27(36(26)41)13-19-35-38(3,4)31-25-29(40)15-17-33(31)43(35)21-6-8-23-51(47,48)49/h12-13,18-19,28-33H,5-11,14-17,20-25H2,1-4H3,(H-,44,45,46,47,48,49)/p-1. The van der Waals surface area contributed by atoms with E-state index in [4.69, 9.17) is 34.8 Å². The summed E-state index contributed by atoms with van der Waals surface area (Å²) in [6.07, 6.45) is 19.2. The molecule has 0 aromatic heterocycles. The minimum atomic E-state index is -4.24. The molecule has 0 aromatic rings. The average Bonchev–Trinajstić information content (AvgIpc) is 3.36. The van der Waals surface area contributed by atoms with Gasteiger partial charge in [-0.3, -0.25) is 0 Å². The number of hydrogen-bond acceptors (Lipinski definition) is 7. The van der Waals surface area contributed by atoms with Crippen molar-refractivity contribution in [2.45, 2.75) is 134 Å². The quantitative estimate of drug-likeness (QED) is 0.0799. The first-order chi connectivity index (χ1) is 23.8. The highest BCUT2D eigenvalue weighted by atomic mass is 35.5. The van der Waals surface area contributed by atoms with Gasteiger partial charge in [-0.1, -0.05) is 37.6 Å². The molecule has 1 saturated heterocycles. The van der Waals surface area contributed by atoms with Crippen molar-refractivity contribution in [1.82, 2.24) is 4.90 Å². The molecule has 0 spiro atoms. The number of fused-ring (bicyclic) bond motifs is 2. The number of rotatable bonds is 13. The Bertz CT molecular complexity index is 1680. The van der Waals surface area contributed by atoms with Crippen molar-refractivity contribution < 1.29 is 30.5 Å². The van der Waals surface area contributed by atoms with Gasteiger partial charge in [0.15, 0.2) is 11.8 Å². The summed E-state index contributed by atoms with van der Waals surface area (Å²) in [7, 11) is -8.47. The molecule has 2 saturated carbocycles. The Morgan fingerprint density at radius 3 is 2.10 bits per heavy atom. The maximum absolute atomic E-state index is 11.3. The van der Waals surface area contributed by atoms with Crippen LogP contribution in [-0.4, -0.2) is 88.6 Å². The number of allylic oxidation sites excluding steroid dienone is 8. The largest absolute Gasteiger partial charge is 0.748 e. The molecule has 0 aromatic carbocycles. The molecule has 288 valence electrons. The van der Waals surface area contributed by atoms with Crippen LogP contribution < -0.4 is 0 Å². The van der Waals surface area contributed by atoms with E-state index >= 15 is 0 Å². The van der Waals surface area contributed by atoms with E-state index in [9.17, 15) is 25.9 Å². The molecule has 5 aliphatic rings. The minimum Gasteiger partial charge on any atom is -0.748 e. The summed E-state index contributed by atoms with van der Waals surface area (Å²) in [5.74, 6) is 0.0939. The number of likely N-dealkylation sites (tertiary alicyclic amines) is 1. The van der Waals surface area contributed by atoms with Crippen LogP contribution in [0.25, 0.3) is 0 Å². The Balaban J connectivity index is 1.42. The topological polar surface area (TPSA) is 121 Å². The Labute approximate surface area is 321 Å². The maximum Gasteiger partial charge on any atom is 0.182 e. The van der Waals surface area contributed by atoms with E-state index in [-0.39, 0.29) is 33.1 Å². The summed E-state index contributed by atoms with van der Waals surface area (Å²) >= 11 is 20.6. The van der Waals surface area contributed by atoms with Crippen LogP contribution in [0, 0.1) is 22.7 Å². The smallest absolute Gasteiger partial charge is 0.182 e. The van der Waals surface area contributed by atoms with E-state index in [1.54, 1.807) is 0 Å². The third-order valence-electron chi connectivity index (χ3n) is 12.5. The van der Waals surface area contributed by atoms with Gasteiger partial charge >= 0.3 is 0 Å². The first kappa shape index (κ1) is 41.3. The fourth-order valence-electron chi connectivity index (χ4n) is 9.86. The average molecular weight is 807 g/mol. The van der Waals surface area contributed by atoms with Crippen LogP contribution in [0.1, 0.15) is 111 Å². The van der Waals surface area contributed by atoms with Gasteiger partial charge in [0.25, 0.3) is 0 Å². The molecule has 8 nitrogen and oxygen atoms in total. The van der Waals surface area contributed by atoms with Crippen molar-refractivity contribution in [1.29, 1.82) is 0 Å². The third kappa shape index (κ3) is 9.87. The van der Waals surface area contributed by atoms with Gasteiger partial charge in [-0.15, -0.1) is 23.2 Å². The normalized spacial score (nSPS) is 32.8. The summed E-state index contributed by atoms with van der Waals surface area (Å²) in [5.41, 5.74) is 4.38. The van der Waals surface area contributed by atoms with Crippen LogP contribution in [0.4, 0.5) is 0 Å². The molecular formula is C38H56Cl3N2O6S2-. The van der Waals surface area contributed by atoms with Crippen molar-refractivity contribution in [3.05, 3.63) is 46.2 Å². The summed E-state index contributed by atoms with van der Waals surface area (Å²) in [6, 6.07) is 0.660. The summed E-state index contributed by atoms with van der Waals surface area (Å²) < 4.78 is 70.0. The Morgan fingerprint density at radius 2 is 1.43 bits per heavy atom. The van der Waals surface area contributed by atoms with Gasteiger partial charge in [-0.25, -0.2) is 21.4 Å². The van der Waals surface area contributed by atoms with Gasteiger partial charge in [0.2, 0.25) is 0 Å². The number of halogens is 3. The van der Waals surface area contributed by atoms with Gasteiger partial charge in [0.1, 0.15) is 6.54 Å². The van der Waals surface area contributed by atoms with Crippen molar-refractivity contribution in [2.75, 3.05) is 24.6 Å². The molecule has 0 amide bonds. The Morgan fingerprint density at radius 1 is 0.804 bits per heavy atom. The van der Waals surface area contributed by atoms with E-state index in [1.807, 2.05) is 0 Å². The first-order valence-electron chi connectivity index (χ1n) is 18.8. The van der Waals surface area contributed by atoms with Crippen LogP contribution in [0.3, 0.4) is 0 Å². The van der Waals surface area contributed by atoms with Crippen LogP contribution in [0.2, 0.25) is 0 Å². The highest BCUT2D eigenvalue weighted by Crippen LogP contribution is 2.54. The number of unbranched alkanes of at least 4 members (excludes halogenated alkanes) is 2. The van der Waals surface area contributed by atoms with Crippen LogP contribution >= 0.6 is 34.8 Å². The van der Waals surface area contributed by atoms with Gasteiger partial charge in [0.05, 0.1) is 25.7 Å². The molecule has 0 radical (unpaired) electrons. The zero-order valence-corrected chi connectivity index (χ0v) is 34.5. The summed E-state index contributed by atoms with van der Waals surface area (Å²) in [4.78, 5) is 2.45. The van der Waals surface area contributed by atoms with Gasteiger partial charge < -0.3 is 14.0 Å². The molecule has 6 unspecified atom stereocenters. The Hall–Kier alpha value is -0.880. The molecule has 3 fully saturated rings. The minimum absolute atomic E-state index is 0.127. The molecule has 13 heteroatoms. The zero-order chi connectivity index (χ0) is 37.4. The zero-order valence-electron chi connectivity index (χ0n) is 30.6. The van der Waals surface area contributed by atoms with E-state index < -0.39 is 20.2 Å². The van der Waals surface area contributed by atoms with Crippen molar-refractivity contribution in [3.63, 3.8) is 0 Å². The molecule has 51 heavy (non-hydrogen) atoms. The highest BCUT2D eigenvalue weighted by Gasteiger charge is 2.55. The third-order valence-corrected chi connectivity index (χ3v) is 15.4. The predicted octanol–water partition coefficient (Wildman–Crippen LogP) is 8.07. The maximum atomic E-state index is 11.3. The SMILES string of the molecule is CC1(C)C(/C=C/C2=C(Cl)C(=C/C=C3/N(CCCCS(=O)(=O)[O-])C4CCC(Cl)CC4C3(C)C)/CCC2)=[N+](CCCCS(=O)(=O)[O-])C2CCC(Cl)CC21. The van der Waals surface area contributed by atoms with Gasteiger partial charge in [-0.2, -0.15) is 0 Å². The molecule has 0 N–H and O–H groups in total. The fraction of sp³-hybridized carbons (Fsp3) is 0.763. The first-order valence-corrected chi connectivity index (χ1v) is 23.2. The molecule has 2 aliphatic heterocycles. The molecule has 2 heterocycles. The lowest BCUT2D eigenvalue weighted by Gasteiger charge is -2.36. The van der Waals surface area contributed by atoms with Crippen LogP contribution in [-0.2, 0) is 20.2 Å². The second kappa shape index (κ2) is 16.5. The number of alkyl halides is 2. The molecular weight excluding hydrogens is 751 g/mol. The lowest BCUT2D eigenvalue weighted by atomic mass is 9.69. The lowest BCUT2D eigenvalue weighted by Crippen LogP contribution is -2.38. The molecule has 6 atom stereocenters. The van der Waals surface area contributed by atoms with Gasteiger partial charge in [-0.05, 0) is 108 Å². The second-order valence-corrected chi connectivity index (χ2v) is 21.3. The van der Waals surface area contributed by atoms with E-state index in [1.165, 1.54) is 11.4 Å². The van der Waals surface area contributed by atoms with E-state index in [2.05, 4.69) is 61.5 Å². The fourth-order valence-corrected chi connectivity index (χ4v) is 11.9. The molecule has 5 rings (SSSR count). The van der Waals surface area contributed by atoms with Crippen LogP contribution in [0.15, 0.2) is 46.2 Å². The van der Waals surface area contributed by atoms with Crippen molar-refractivity contribution in [3.8, 4) is 0 Å². The summed E-state index contributed by atoms with van der Waals surface area (Å²) in [6.45, 7) is 10.5. The monoisotopic (exact) mass is 805 g/mol. The van der Waals surface area contributed by atoms with Gasteiger partial charge in [0, 0.05) is 75.8 Å². The Kier molecular flexibility index (Phi) is 13.3. The number of hydrogen-bond donors (Lipinski definition) is 0. The van der Waals surface area contributed by atoms with Crippen molar-refractivity contribution in [2.24, 2.45) is 22.7 Å². The van der Waals surface area contributed by atoms with Crippen molar-refractivity contribution >= 4 is 60.8 Å². The summed E-state index contributed by atoms with van der Waals surface area (Å²) in [5, 5.41) is 1.07.